The van der Waals surface area contributed by atoms with E-state index in [1.807, 2.05) is 16.5 Å². The third kappa shape index (κ3) is 5.03. The molecule has 0 saturated carbocycles. The molecule has 0 aliphatic carbocycles. The van der Waals surface area contributed by atoms with E-state index >= 15 is 0 Å². The maximum atomic E-state index is 14.2. The summed E-state index contributed by atoms with van der Waals surface area (Å²) in [6.45, 7) is 6.21. The van der Waals surface area contributed by atoms with Gasteiger partial charge in [-0.15, -0.1) is 0 Å². The number of rotatable bonds is 9. The molecular weight excluding hydrogens is 400 g/mol. The first-order valence-corrected chi connectivity index (χ1v) is 10.5. The van der Waals surface area contributed by atoms with Gasteiger partial charge < -0.3 is 14.6 Å². The Morgan fingerprint density at radius 2 is 1.97 bits per heavy atom. The average Bonchev–Trinajstić information content (AvgIpc) is 3.09. The highest BCUT2D eigenvalue weighted by molar-refractivity contribution is 5.93. The maximum Gasteiger partial charge on any atom is 0.335 e. The molecule has 7 heteroatoms. The van der Waals surface area contributed by atoms with E-state index < -0.39 is 11.9 Å². The molecule has 0 saturated heterocycles. The van der Waals surface area contributed by atoms with E-state index in [1.54, 1.807) is 24.3 Å². The Bertz CT molecular complexity index is 1070. The highest BCUT2D eigenvalue weighted by atomic mass is 19.3. The summed E-state index contributed by atoms with van der Waals surface area (Å²) in [7, 11) is 1.93. The van der Waals surface area contributed by atoms with Crippen molar-refractivity contribution in [3.8, 4) is 0 Å². The smallest absolute Gasteiger partial charge is 0.335 e. The van der Waals surface area contributed by atoms with Gasteiger partial charge in [0.1, 0.15) is 0 Å². The molecule has 1 N–H and O–H groups in total. The predicted molar refractivity (Wildman–Crippen MR) is 119 cm³/mol. The second-order valence-corrected chi connectivity index (χ2v) is 8.28. The summed E-state index contributed by atoms with van der Waals surface area (Å²) in [5.74, 6) is -2.81. The topological polar surface area (TPSA) is 58.4 Å². The summed E-state index contributed by atoms with van der Waals surface area (Å²) in [5, 5.41) is 9.33. The molecule has 1 unspecified atom stereocenters. The van der Waals surface area contributed by atoms with Crippen LogP contribution in [0.1, 0.15) is 55.1 Å². The van der Waals surface area contributed by atoms with Gasteiger partial charge in [-0.3, -0.25) is 0 Å². The van der Waals surface area contributed by atoms with E-state index in [4.69, 9.17) is 0 Å². The first-order chi connectivity index (χ1) is 14.6. The van der Waals surface area contributed by atoms with Crippen LogP contribution in [0, 0.1) is 5.92 Å². The van der Waals surface area contributed by atoms with Crippen LogP contribution in [-0.2, 0) is 12.5 Å². The number of carboxylic acid groups (broad SMARTS) is 1. The summed E-state index contributed by atoms with van der Waals surface area (Å²) in [6.07, 6.45) is 2.05. The summed E-state index contributed by atoms with van der Waals surface area (Å²) in [4.78, 5) is 18.1. The lowest BCUT2D eigenvalue weighted by Crippen LogP contribution is -2.24. The van der Waals surface area contributed by atoms with Crippen molar-refractivity contribution in [1.82, 2.24) is 9.55 Å². The van der Waals surface area contributed by atoms with Crippen molar-refractivity contribution in [3.05, 3.63) is 59.2 Å². The van der Waals surface area contributed by atoms with Crippen molar-refractivity contribution >= 4 is 23.0 Å². The molecule has 0 spiro atoms. The van der Waals surface area contributed by atoms with Gasteiger partial charge in [-0.05, 0) is 36.1 Å². The molecular formula is C24H29F2N3O2. The minimum Gasteiger partial charge on any atom is -0.478 e. The number of fused-ring (bicyclic) bond motifs is 1. The second-order valence-electron chi connectivity index (χ2n) is 8.28. The van der Waals surface area contributed by atoms with Crippen molar-refractivity contribution in [3.63, 3.8) is 0 Å². The Kier molecular flexibility index (Phi) is 6.62. The van der Waals surface area contributed by atoms with Gasteiger partial charge in [0.15, 0.2) is 0 Å². The normalized spacial score (nSPS) is 12.8. The van der Waals surface area contributed by atoms with Crippen molar-refractivity contribution in [1.29, 1.82) is 0 Å². The third-order valence-electron chi connectivity index (χ3n) is 5.79. The van der Waals surface area contributed by atoms with Crippen molar-refractivity contribution < 1.29 is 18.7 Å². The highest BCUT2D eigenvalue weighted by Gasteiger charge is 2.28. The number of aromatic carboxylic acids is 1. The number of hydrogen-bond acceptors (Lipinski definition) is 3. The molecule has 2 aromatic carbocycles. The molecule has 0 amide bonds. The Morgan fingerprint density at radius 1 is 1.26 bits per heavy atom. The fourth-order valence-corrected chi connectivity index (χ4v) is 3.67. The number of nitrogens with zero attached hydrogens (tertiary/aromatic N) is 3. The molecule has 1 atom stereocenters. The Morgan fingerprint density at radius 3 is 2.61 bits per heavy atom. The van der Waals surface area contributed by atoms with Gasteiger partial charge in [-0.2, -0.15) is 0 Å². The lowest BCUT2D eigenvalue weighted by atomic mass is 10.0. The van der Waals surface area contributed by atoms with Gasteiger partial charge in [0.05, 0.1) is 23.1 Å². The Balaban J connectivity index is 2.09. The molecule has 0 bridgehead atoms. The molecule has 3 rings (SSSR count). The van der Waals surface area contributed by atoms with E-state index in [0.29, 0.717) is 28.5 Å². The van der Waals surface area contributed by atoms with Crippen LogP contribution < -0.4 is 4.90 Å². The molecule has 166 valence electrons. The second kappa shape index (κ2) is 9.04. The van der Waals surface area contributed by atoms with Crippen LogP contribution in [0.2, 0.25) is 0 Å². The lowest BCUT2D eigenvalue weighted by molar-refractivity contribution is 0.0164. The Hall–Kier alpha value is -2.96. The van der Waals surface area contributed by atoms with Gasteiger partial charge in [0.25, 0.3) is 5.92 Å². The number of hydrogen-bond donors (Lipinski definition) is 1. The summed E-state index contributed by atoms with van der Waals surface area (Å²) < 4.78 is 30.3. The number of benzene rings is 2. The minimum atomic E-state index is -2.97. The third-order valence-corrected chi connectivity index (χ3v) is 5.79. The van der Waals surface area contributed by atoms with Crippen molar-refractivity contribution in [2.75, 3.05) is 18.5 Å². The van der Waals surface area contributed by atoms with Crippen LogP contribution in [0.25, 0.3) is 11.0 Å². The summed E-state index contributed by atoms with van der Waals surface area (Å²) in [6, 6.07) is 11.3. The van der Waals surface area contributed by atoms with Crippen LogP contribution in [0.5, 0.6) is 0 Å². The minimum absolute atomic E-state index is 0.0211. The fraction of sp³-hybridized carbons (Fsp3) is 0.417. The molecule has 1 aromatic heterocycles. The maximum absolute atomic E-state index is 14.2. The number of carboxylic acids is 1. The predicted octanol–water partition coefficient (Wildman–Crippen LogP) is 5.77. The van der Waals surface area contributed by atoms with E-state index in [9.17, 15) is 18.7 Å². The standard InChI is InChI=1S/C24H29F2N3O2/c1-5-16(2)12-13-28(4)23-27-20-14-17(22(30)31)10-11-21(20)29(23)15-18-8-6-7-9-19(18)24(3,25)26/h6-11,14,16H,5,12-13,15H2,1-4H3,(H,30,31). The molecule has 1 heterocycles. The monoisotopic (exact) mass is 429 g/mol. The zero-order valence-corrected chi connectivity index (χ0v) is 18.4. The van der Waals surface area contributed by atoms with Crippen LogP contribution in [0.4, 0.5) is 14.7 Å². The number of anilines is 1. The van der Waals surface area contributed by atoms with E-state index in [2.05, 4.69) is 18.8 Å². The van der Waals surface area contributed by atoms with Crippen molar-refractivity contribution in [2.24, 2.45) is 5.92 Å². The highest BCUT2D eigenvalue weighted by Crippen LogP contribution is 2.32. The lowest BCUT2D eigenvalue weighted by Gasteiger charge is -2.23. The van der Waals surface area contributed by atoms with Crippen LogP contribution in [0.3, 0.4) is 0 Å². The van der Waals surface area contributed by atoms with Gasteiger partial charge in [0, 0.05) is 26.1 Å². The Labute approximate surface area is 181 Å². The molecule has 0 radical (unpaired) electrons. The molecule has 0 aliphatic rings. The van der Waals surface area contributed by atoms with Crippen molar-refractivity contribution in [2.45, 2.75) is 46.1 Å². The molecule has 0 fully saturated rings. The fourth-order valence-electron chi connectivity index (χ4n) is 3.67. The quantitative estimate of drug-likeness (QED) is 0.469. The van der Waals surface area contributed by atoms with Gasteiger partial charge in [-0.25, -0.2) is 18.6 Å². The largest absolute Gasteiger partial charge is 0.478 e. The summed E-state index contributed by atoms with van der Waals surface area (Å²) >= 11 is 0. The number of alkyl halides is 2. The SMILES string of the molecule is CCC(C)CCN(C)c1nc2cc(C(=O)O)ccc2n1Cc1ccccc1C(C)(F)F. The molecule has 0 aliphatic heterocycles. The average molecular weight is 430 g/mol. The molecule has 31 heavy (non-hydrogen) atoms. The molecule has 5 nitrogen and oxygen atoms in total. The first kappa shape index (κ1) is 22.7. The van der Waals surface area contributed by atoms with E-state index in [0.717, 1.165) is 26.3 Å². The van der Waals surface area contributed by atoms with E-state index in [1.165, 1.54) is 18.2 Å². The van der Waals surface area contributed by atoms with Gasteiger partial charge in [0.2, 0.25) is 5.95 Å². The number of imidazole rings is 1. The first-order valence-electron chi connectivity index (χ1n) is 10.5. The van der Waals surface area contributed by atoms with Gasteiger partial charge >= 0.3 is 5.97 Å². The number of halogens is 2. The van der Waals surface area contributed by atoms with Crippen LogP contribution >= 0.6 is 0 Å². The summed E-state index contributed by atoms with van der Waals surface area (Å²) in [5.41, 5.74) is 1.88. The van der Waals surface area contributed by atoms with Crippen LogP contribution in [-0.4, -0.2) is 34.2 Å². The zero-order valence-electron chi connectivity index (χ0n) is 18.4. The van der Waals surface area contributed by atoms with E-state index in [-0.39, 0.29) is 17.7 Å². The number of carbonyl (C=O) groups is 1. The van der Waals surface area contributed by atoms with Gasteiger partial charge in [-0.1, -0.05) is 44.5 Å². The zero-order chi connectivity index (χ0) is 22.8. The van der Waals surface area contributed by atoms with Crippen LogP contribution in [0.15, 0.2) is 42.5 Å². The molecule has 3 aromatic rings. The number of aromatic nitrogens is 2.